The van der Waals surface area contributed by atoms with Crippen molar-refractivity contribution in [1.29, 1.82) is 5.26 Å². The van der Waals surface area contributed by atoms with Crippen LogP contribution in [-0.2, 0) is 11.3 Å². The molecule has 158 valence electrons. The maximum atomic E-state index is 12.4. The minimum atomic E-state index is -0.675. The Hall–Kier alpha value is -4.22. The summed E-state index contributed by atoms with van der Waals surface area (Å²) in [5.74, 6) is -0.879. The summed E-state index contributed by atoms with van der Waals surface area (Å²) in [6, 6.07) is 20.8. The topological polar surface area (TPSA) is 108 Å². The van der Waals surface area contributed by atoms with E-state index in [9.17, 15) is 15.2 Å². The molecule has 0 bridgehead atoms. The predicted molar refractivity (Wildman–Crippen MR) is 122 cm³/mol. The molecule has 0 saturated carbocycles. The first-order chi connectivity index (χ1) is 15.7. The fraction of sp³-hybridized carbons (Fsp3) is 0.0833. The number of benzene rings is 2. The van der Waals surface area contributed by atoms with Crippen molar-refractivity contribution in [3.8, 4) is 23.1 Å². The number of nitrogens with zero attached hydrogens (tertiary/aromatic N) is 3. The third-order valence-corrected chi connectivity index (χ3v) is 5.58. The van der Waals surface area contributed by atoms with Crippen molar-refractivity contribution in [3.63, 3.8) is 0 Å². The SMILES string of the molecule is N#CC(C(=O)NCc1ccccc1)=C(O)COc1ncnc2scc(-c3ccccc3)c12. The van der Waals surface area contributed by atoms with Gasteiger partial charge in [-0.05, 0) is 11.1 Å². The van der Waals surface area contributed by atoms with Gasteiger partial charge in [-0.25, -0.2) is 9.97 Å². The molecule has 0 fully saturated rings. The molecule has 7 nitrogen and oxygen atoms in total. The van der Waals surface area contributed by atoms with E-state index < -0.39 is 17.2 Å². The van der Waals surface area contributed by atoms with E-state index in [2.05, 4.69) is 15.3 Å². The summed E-state index contributed by atoms with van der Waals surface area (Å²) >= 11 is 1.46. The quantitative estimate of drug-likeness (QED) is 0.250. The highest BCUT2D eigenvalue weighted by atomic mass is 32.1. The van der Waals surface area contributed by atoms with Crippen LogP contribution in [-0.4, -0.2) is 27.6 Å². The fourth-order valence-corrected chi connectivity index (χ4v) is 4.02. The first-order valence-electron chi connectivity index (χ1n) is 9.72. The van der Waals surface area contributed by atoms with Crippen LogP contribution in [0.2, 0.25) is 0 Å². The van der Waals surface area contributed by atoms with Crippen LogP contribution >= 0.6 is 11.3 Å². The molecule has 0 aliphatic carbocycles. The number of amides is 1. The van der Waals surface area contributed by atoms with Crippen molar-refractivity contribution in [1.82, 2.24) is 15.3 Å². The van der Waals surface area contributed by atoms with Gasteiger partial charge >= 0.3 is 0 Å². The average molecular weight is 443 g/mol. The molecule has 4 rings (SSSR count). The molecule has 4 aromatic rings. The molecule has 32 heavy (non-hydrogen) atoms. The average Bonchev–Trinajstić information content (AvgIpc) is 3.28. The third kappa shape index (κ3) is 4.58. The van der Waals surface area contributed by atoms with Gasteiger partial charge in [0.1, 0.15) is 23.8 Å². The molecule has 2 aromatic carbocycles. The van der Waals surface area contributed by atoms with Crippen LogP contribution in [0.3, 0.4) is 0 Å². The third-order valence-electron chi connectivity index (χ3n) is 4.69. The number of carbonyl (C=O) groups excluding carboxylic acids is 1. The van der Waals surface area contributed by atoms with Crippen molar-refractivity contribution in [2.45, 2.75) is 6.54 Å². The normalized spacial score (nSPS) is 11.5. The van der Waals surface area contributed by atoms with Gasteiger partial charge in [0.05, 0.1) is 5.39 Å². The van der Waals surface area contributed by atoms with Gasteiger partial charge in [-0.3, -0.25) is 4.79 Å². The van der Waals surface area contributed by atoms with Gasteiger partial charge in [-0.15, -0.1) is 11.3 Å². The summed E-state index contributed by atoms with van der Waals surface area (Å²) in [4.78, 5) is 21.6. The van der Waals surface area contributed by atoms with Crippen LogP contribution in [0.5, 0.6) is 5.88 Å². The number of carbonyl (C=O) groups is 1. The van der Waals surface area contributed by atoms with Gasteiger partial charge in [0, 0.05) is 17.5 Å². The number of aliphatic hydroxyl groups is 1. The number of fused-ring (bicyclic) bond motifs is 1. The number of aromatic nitrogens is 2. The lowest BCUT2D eigenvalue weighted by Gasteiger charge is -2.09. The Morgan fingerprint density at radius 3 is 2.53 bits per heavy atom. The van der Waals surface area contributed by atoms with Crippen molar-refractivity contribution >= 4 is 27.5 Å². The maximum absolute atomic E-state index is 12.4. The summed E-state index contributed by atoms with van der Waals surface area (Å²) < 4.78 is 5.71. The molecule has 0 radical (unpaired) electrons. The van der Waals surface area contributed by atoms with Gasteiger partial charge in [0.15, 0.2) is 11.3 Å². The minimum absolute atomic E-state index is 0.237. The number of aliphatic hydroxyl groups excluding tert-OH is 1. The molecule has 2 N–H and O–H groups in total. The lowest BCUT2D eigenvalue weighted by molar-refractivity contribution is -0.117. The maximum Gasteiger partial charge on any atom is 0.265 e. The summed E-state index contributed by atoms with van der Waals surface area (Å²) in [7, 11) is 0. The number of nitriles is 1. The minimum Gasteiger partial charge on any atom is -0.507 e. The predicted octanol–water partition coefficient (Wildman–Crippen LogP) is 4.39. The Morgan fingerprint density at radius 2 is 1.81 bits per heavy atom. The van der Waals surface area contributed by atoms with Crippen LogP contribution < -0.4 is 10.1 Å². The number of hydrogen-bond donors (Lipinski definition) is 2. The van der Waals surface area contributed by atoms with E-state index >= 15 is 0 Å². The van der Waals surface area contributed by atoms with Crippen molar-refractivity contribution in [2.75, 3.05) is 6.61 Å². The highest BCUT2D eigenvalue weighted by Gasteiger charge is 2.18. The summed E-state index contributed by atoms with van der Waals surface area (Å²) in [6.45, 7) is -0.140. The molecule has 2 heterocycles. The molecule has 0 aliphatic heterocycles. The zero-order valence-electron chi connectivity index (χ0n) is 16.9. The zero-order chi connectivity index (χ0) is 22.3. The molecule has 0 unspecified atom stereocenters. The first kappa shape index (κ1) is 21.0. The number of nitrogens with one attached hydrogen (secondary N) is 1. The van der Waals surface area contributed by atoms with E-state index in [4.69, 9.17) is 4.74 Å². The van der Waals surface area contributed by atoms with Crippen LogP contribution in [0.15, 0.2) is 83.7 Å². The van der Waals surface area contributed by atoms with Crippen LogP contribution in [0.25, 0.3) is 21.3 Å². The molecule has 0 aliphatic rings. The van der Waals surface area contributed by atoms with E-state index in [1.54, 1.807) is 6.07 Å². The second kappa shape index (κ2) is 9.73. The fourth-order valence-electron chi connectivity index (χ4n) is 3.11. The Balaban J connectivity index is 1.53. The first-order valence-corrected chi connectivity index (χ1v) is 10.6. The molecule has 0 spiro atoms. The molecular formula is C24H18N4O3S. The van der Waals surface area contributed by atoms with E-state index in [1.165, 1.54) is 17.7 Å². The molecule has 1 amide bonds. The van der Waals surface area contributed by atoms with Crippen molar-refractivity contribution < 1.29 is 14.6 Å². The van der Waals surface area contributed by atoms with Gasteiger partial charge in [0.2, 0.25) is 5.88 Å². The van der Waals surface area contributed by atoms with E-state index in [0.29, 0.717) is 5.39 Å². The number of ether oxygens (including phenoxy) is 1. The molecule has 8 heteroatoms. The number of thiophene rings is 1. The van der Waals surface area contributed by atoms with E-state index in [-0.39, 0.29) is 19.0 Å². The van der Waals surface area contributed by atoms with Crippen molar-refractivity contribution in [2.24, 2.45) is 0 Å². The van der Waals surface area contributed by atoms with Gasteiger partial charge in [0.25, 0.3) is 5.91 Å². The highest BCUT2D eigenvalue weighted by Crippen LogP contribution is 2.37. The second-order valence-corrected chi connectivity index (χ2v) is 7.62. The molecule has 0 saturated heterocycles. The Labute approximate surface area is 188 Å². The van der Waals surface area contributed by atoms with Crippen LogP contribution in [0, 0.1) is 11.3 Å². The Kier molecular flexibility index (Phi) is 6.39. The van der Waals surface area contributed by atoms with Crippen LogP contribution in [0.1, 0.15) is 5.56 Å². The van der Waals surface area contributed by atoms with Crippen molar-refractivity contribution in [3.05, 3.63) is 89.3 Å². The number of rotatable bonds is 7. The van der Waals surface area contributed by atoms with E-state index in [1.807, 2.05) is 66.0 Å². The Bertz CT molecular complexity index is 1310. The van der Waals surface area contributed by atoms with E-state index in [0.717, 1.165) is 21.5 Å². The second-order valence-electron chi connectivity index (χ2n) is 6.76. The van der Waals surface area contributed by atoms with Gasteiger partial charge in [-0.1, -0.05) is 60.7 Å². The molecule has 0 atom stereocenters. The summed E-state index contributed by atoms with van der Waals surface area (Å²) in [5.41, 5.74) is 2.37. The lowest BCUT2D eigenvalue weighted by atomic mass is 10.1. The van der Waals surface area contributed by atoms with Crippen LogP contribution in [0.4, 0.5) is 0 Å². The smallest absolute Gasteiger partial charge is 0.265 e. The highest BCUT2D eigenvalue weighted by molar-refractivity contribution is 7.17. The molecule has 2 aromatic heterocycles. The van der Waals surface area contributed by atoms with Gasteiger partial charge in [-0.2, -0.15) is 5.26 Å². The zero-order valence-corrected chi connectivity index (χ0v) is 17.7. The largest absolute Gasteiger partial charge is 0.507 e. The summed E-state index contributed by atoms with van der Waals surface area (Å²) in [5, 5.41) is 25.1. The monoisotopic (exact) mass is 442 g/mol. The lowest BCUT2D eigenvalue weighted by Crippen LogP contribution is -2.25. The Morgan fingerprint density at radius 1 is 1.09 bits per heavy atom. The standard InChI is InChI=1S/C24H18N4O3S/c25-11-18(22(30)26-12-16-7-3-1-4-8-16)20(29)13-31-23-21-19(17-9-5-2-6-10-17)14-32-24(21)28-15-27-23/h1-10,14-15,29H,12-13H2,(H,26,30). The summed E-state index contributed by atoms with van der Waals surface area (Å²) in [6.07, 6.45) is 1.38. The van der Waals surface area contributed by atoms with Gasteiger partial charge < -0.3 is 15.2 Å². The number of hydrogen-bond acceptors (Lipinski definition) is 7. The molecular weight excluding hydrogens is 424 g/mol.